The van der Waals surface area contributed by atoms with Gasteiger partial charge in [0, 0.05) is 11.6 Å². The van der Waals surface area contributed by atoms with E-state index in [1.54, 1.807) is 45.0 Å². The van der Waals surface area contributed by atoms with Crippen LogP contribution in [0.2, 0.25) is 5.02 Å². The lowest BCUT2D eigenvalue weighted by Crippen LogP contribution is -2.51. The van der Waals surface area contributed by atoms with E-state index >= 15 is 0 Å². The third-order valence-electron chi connectivity index (χ3n) is 3.80. The lowest BCUT2D eigenvalue weighted by Gasteiger charge is -2.29. The highest BCUT2D eigenvalue weighted by molar-refractivity contribution is 6.30. The maximum Gasteiger partial charge on any atom is 0.263 e. The summed E-state index contributed by atoms with van der Waals surface area (Å²) < 4.78 is 5.71. The van der Waals surface area contributed by atoms with Crippen LogP contribution >= 0.6 is 11.6 Å². The van der Waals surface area contributed by atoms with E-state index < -0.39 is 11.2 Å². The quantitative estimate of drug-likeness (QED) is 0.849. The Morgan fingerprint density at radius 2 is 1.90 bits per heavy atom. The first-order valence-corrected chi connectivity index (χ1v) is 7.54. The number of hydrogen-bond donors (Lipinski definition) is 2. The van der Waals surface area contributed by atoms with Crippen molar-refractivity contribution in [3.05, 3.63) is 29.3 Å². The fourth-order valence-corrected chi connectivity index (χ4v) is 2.29. The zero-order chi connectivity index (χ0) is 15.7. The van der Waals surface area contributed by atoms with Gasteiger partial charge in [-0.1, -0.05) is 11.6 Å². The van der Waals surface area contributed by atoms with Crippen LogP contribution in [0, 0.1) is 5.92 Å². The van der Waals surface area contributed by atoms with Crippen LogP contribution in [-0.4, -0.2) is 28.8 Å². The van der Waals surface area contributed by atoms with Crippen LogP contribution in [0.1, 0.15) is 33.6 Å². The third kappa shape index (κ3) is 4.35. The lowest BCUT2D eigenvalue weighted by atomic mass is 10.00. The van der Waals surface area contributed by atoms with Gasteiger partial charge in [-0.15, -0.1) is 0 Å². The Labute approximate surface area is 130 Å². The van der Waals surface area contributed by atoms with E-state index in [9.17, 15) is 9.90 Å². The van der Waals surface area contributed by atoms with Crippen molar-refractivity contribution in [1.82, 2.24) is 5.32 Å². The summed E-state index contributed by atoms with van der Waals surface area (Å²) in [6.07, 6.45) is 2.04. The van der Waals surface area contributed by atoms with Crippen LogP contribution < -0.4 is 10.1 Å². The molecule has 5 heteroatoms. The van der Waals surface area contributed by atoms with Gasteiger partial charge in [-0.05, 0) is 63.8 Å². The predicted octanol–water partition coefficient (Wildman–Crippen LogP) is 2.77. The molecule has 116 valence electrons. The number of halogens is 1. The molecular weight excluding hydrogens is 290 g/mol. The molecule has 0 bridgehead atoms. The van der Waals surface area contributed by atoms with Crippen molar-refractivity contribution in [1.29, 1.82) is 0 Å². The normalized spacial score (nSPS) is 18.0. The number of nitrogens with one attached hydrogen (secondary N) is 1. The summed E-state index contributed by atoms with van der Waals surface area (Å²) >= 11 is 5.82. The summed E-state index contributed by atoms with van der Waals surface area (Å²) in [5.41, 5.74) is -1.86. The molecule has 1 aliphatic carbocycles. The fraction of sp³-hybridized carbons (Fsp3) is 0.562. The van der Waals surface area contributed by atoms with Gasteiger partial charge in [0.15, 0.2) is 5.60 Å². The smallest absolute Gasteiger partial charge is 0.263 e. The molecule has 1 unspecified atom stereocenters. The topological polar surface area (TPSA) is 58.6 Å². The molecule has 1 amide bonds. The number of amides is 1. The Kier molecular flexibility index (Phi) is 4.49. The standard InChI is InChI=1S/C16H22ClNO3/c1-15(2,21-13-8-6-12(17)7-9-13)14(19)18-10-16(3,20)11-4-5-11/h6-9,11,20H,4-5,10H2,1-3H3,(H,18,19). The van der Waals surface area contributed by atoms with Crippen molar-refractivity contribution in [3.63, 3.8) is 0 Å². The summed E-state index contributed by atoms with van der Waals surface area (Å²) in [5.74, 6) is 0.616. The zero-order valence-electron chi connectivity index (χ0n) is 12.6. The van der Waals surface area contributed by atoms with Crippen molar-refractivity contribution in [3.8, 4) is 5.75 Å². The van der Waals surface area contributed by atoms with Crippen molar-refractivity contribution in [2.24, 2.45) is 5.92 Å². The molecule has 1 atom stereocenters. The molecule has 0 saturated heterocycles. The summed E-state index contributed by atoms with van der Waals surface area (Å²) in [5, 5.41) is 13.6. The van der Waals surface area contributed by atoms with Crippen LogP contribution in [0.15, 0.2) is 24.3 Å². The van der Waals surface area contributed by atoms with Gasteiger partial charge >= 0.3 is 0 Å². The highest BCUT2D eigenvalue weighted by Crippen LogP contribution is 2.39. The van der Waals surface area contributed by atoms with Crippen molar-refractivity contribution in [2.75, 3.05) is 6.54 Å². The van der Waals surface area contributed by atoms with E-state index in [0.717, 1.165) is 12.8 Å². The number of ether oxygens (including phenoxy) is 1. The van der Waals surface area contributed by atoms with E-state index in [1.165, 1.54) is 0 Å². The van der Waals surface area contributed by atoms with Crippen LogP contribution in [0.3, 0.4) is 0 Å². The predicted molar refractivity (Wildman–Crippen MR) is 82.5 cm³/mol. The average Bonchev–Trinajstić information content (AvgIpc) is 3.23. The molecule has 1 aromatic carbocycles. The van der Waals surface area contributed by atoms with Crippen LogP contribution in [0.5, 0.6) is 5.75 Å². The number of aliphatic hydroxyl groups is 1. The van der Waals surface area contributed by atoms with Crippen molar-refractivity contribution < 1.29 is 14.6 Å². The van der Waals surface area contributed by atoms with Gasteiger partial charge in [0.25, 0.3) is 5.91 Å². The molecule has 1 saturated carbocycles. The van der Waals surface area contributed by atoms with Crippen molar-refractivity contribution in [2.45, 2.75) is 44.8 Å². The van der Waals surface area contributed by atoms with Gasteiger partial charge in [-0.2, -0.15) is 0 Å². The minimum atomic E-state index is -1.02. The maximum absolute atomic E-state index is 12.3. The van der Waals surface area contributed by atoms with Crippen LogP contribution in [0.4, 0.5) is 0 Å². The Hall–Kier alpha value is -1.26. The molecule has 0 aromatic heterocycles. The van der Waals surface area contributed by atoms with E-state index in [1.807, 2.05) is 0 Å². The lowest BCUT2D eigenvalue weighted by molar-refractivity contribution is -0.135. The van der Waals surface area contributed by atoms with E-state index in [0.29, 0.717) is 10.8 Å². The minimum absolute atomic E-state index is 0.240. The maximum atomic E-state index is 12.3. The SMILES string of the molecule is CC(C)(Oc1ccc(Cl)cc1)C(=O)NCC(C)(O)C1CC1. The summed E-state index contributed by atoms with van der Waals surface area (Å²) in [6.45, 7) is 5.40. The second-order valence-electron chi connectivity index (χ2n) is 6.38. The van der Waals surface area contributed by atoms with Crippen molar-refractivity contribution >= 4 is 17.5 Å². The Morgan fingerprint density at radius 3 is 2.43 bits per heavy atom. The van der Waals surface area contributed by atoms with Crippen LogP contribution in [-0.2, 0) is 4.79 Å². The molecule has 0 spiro atoms. The van der Waals surface area contributed by atoms with Gasteiger partial charge in [0.1, 0.15) is 5.75 Å². The molecular formula is C16H22ClNO3. The van der Waals surface area contributed by atoms with Gasteiger partial charge in [-0.3, -0.25) is 4.79 Å². The molecule has 0 heterocycles. The van der Waals surface area contributed by atoms with Gasteiger partial charge in [0.05, 0.1) is 5.60 Å². The van der Waals surface area contributed by atoms with Gasteiger partial charge in [-0.25, -0.2) is 0 Å². The Bertz CT molecular complexity index is 507. The number of carbonyl (C=O) groups is 1. The largest absolute Gasteiger partial charge is 0.478 e. The molecule has 1 aliphatic rings. The Morgan fingerprint density at radius 1 is 1.33 bits per heavy atom. The molecule has 4 nitrogen and oxygen atoms in total. The third-order valence-corrected chi connectivity index (χ3v) is 4.05. The molecule has 0 radical (unpaired) electrons. The summed E-state index contributed by atoms with van der Waals surface area (Å²) in [7, 11) is 0. The number of carbonyl (C=O) groups excluding carboxylic acids is 1. The second-order valence-corrected chi connectivity index (χ2v) is 6.82. The highest BCUT2D eigenvalue weighted by Gasteiger charge is 2.41. The number of hydrogen-bond acceptors (Lipinski definition) is 3. The van der Waals surface area contributed by atoms with Gasteiger partial charge in [0.2, 0.25) is 0 Å². The fourth-order valence-electron chi connectivity index (χ4n) is 2.17. The Balaban J connectivity index is 1.91. The zero-order valence-corrected chi connectivity index (χ0v) is 13.4. The van der Waals surface area contributed by atoms with Gasteiger partial charge < -0.3 is 15.2 Å². The highest BCUT2D eigenvalue weighted by atomic mass is 35.5. The van der Waals surface area contributed by atoms with E-state index in [-0.39, 0.29) is 18.4 Å². The number of rotatable bonds is 6. The minimum Gasteiger partial charge on any atom is -0.478 e. The molecule has 0 aliphatic heterocycles. The molecule has 21 heavy (non-hydrogen) atoms. The first-order chi connectivity index (χ1) is 9.71. The summed E-state index contributed by atoms with van der Waals surface area (Å²) in [4.78, 5) is 12.3. The molecule has 1 fully saturated rings. The second kappa shape index (κ2) is 5.85. The molecule has 2 rings (SSSR count). The first-order valence-electron chi connectivity index (χ1n) is 7.16. The average molecular weight is 312 g/mol. The van der Waals surface area contributed by atoms with Crippen LogP contribution in [0.25, 0.3) is 0 Å². The number of benzene rings is 1. The summed E-state index contributed by atoms with van der Waals surface area (Å²) in [6, 6.07) is 6.86. The first kappa shape index (κ1) is 16.1. The monoisotopic (exact) mass is 311 g/mol. The van der Waals surface area contributed by atoms with E-state index in [2.05, 4.69) is 5.32 Å². The molecule has 1 aromatic rings. The van der Waals surface area contributed by atoms with E-state index in [4.69, 9.17) is 16.3 Å². The molecule has 2 N–H and O–H groups in total.